The van der Waals surface area contributed by atoms with E-state index in [1.807, 2.05) is 0 Å². The molecule has 1 aromatic carbocycles. The Balaban J connectivity index is 2.29. The lowest BCUT2D eigenvalue weighted by Gasteiger charge is -2.29. The zero-order valence-electron chi connectivity index (χ0n) is 11.8. The second-order valence-electron chi connectivity index (χ2n) is 5.74. The zero-order valence-corrected chi connectivity index (χ0v) is 11.8. The maximum Gasteiger partial charge on any atom is 0.194 e. The molecule has 0 aromatic heterocycles. The topological polar surface area (TPSA) is 23.5 Å². The monoisotopic (exact) mass is 287 g/mol. The first-order valence-electron chi connectivity index (χ1n) is 6.95. The molecule has 0 spiro atoms. The normalized spacial score (nSPS) is 24.9. The second kappa shape index (κ2) is 5.74. The highest BCUT2D eigenvalue weighted by Gasteiger charge is 2.36. The van der Waals surface area contributed by atoms with Crippen LogP contribution in [0.25, 0.3) is 0 Å². The van der Waals surface area contributed by atoms with Crippen LogP contribution in [-0.4, -0.2) is 29.1 Å². The highest BCUT2D eigenvalue weighted by molar-refractivity contribution is 5.26. The molecule has 0 aliphatic carbocycles. The van der Waals surface area contributed by atoms with Crippen molar-refractivity contribution in [2.45, 2.75) is 44.8 Å². The third-order valence-corrected chi connectivity index (χ3v) is 4.12. The average Bonchev–Trinajstić information content (AvgIpc) is 2.59. The third-order valence-electron chi connectivity index (χ3n) is 4.12. The van der Waals surface area contributed by atoms with Crippen LogP contribution < -0.4 is 0 Å². The number of hydrogen-bond donors (Lipinski definition) is 1. The van der Waals surface area contributed by atoms with E-state index in [1.54, 1.807) is 0 Å². The molecule has 0 radical (unpaired) electrons. The molecule has 0 saturated carbocycles. The Morgan fingerprint density at radius 3 is 2.45 bits per heavy atom. The van der Waals surface area contributed by atoms with E-state index in [4.69, 9.17) is 0 Å². The summed E-state index contributed by atoms with van der Waals surface area (Å²) < 4.78 is 40.2. The summed E-state index contributed by atoms with van der Waals surface area (Å²) in [5.74, 6) is -4.02. The van der Waals surface area contributed by atoms with Gasteiger partial charge in [-0.1, -0.05) is 6.07 Å². The minimum Gasteiger partial charge on any atom is -0.385 e. The van der Waals surface area contributed by atoms with E-state index in [0.29, 0.717) is 31.8 Å². The van der Waals surface area contributed by atoms with Crippen molar-refractivity contribution in [2.24, 2.45) is 0 Å². The molecule has 1 N–H and O–H groups in total. The molecule has 112 valence electrons. The molecular formula is C15H20F3NO. The number of hydrogen-bond acceptors (Lipinski definition) is 2. The van der Waals surface area contributed by atoms with Crippen molar-refractivity contribution < 1.29 is 18.3 Å². The molecule has 1 heterocycles. The van der Waals surface area contributed by atoms with Crippen LogP contribution in [0.1, 0.15) is 38.7 Å². The smallest absolute Gasteiger partial charge is 0.194 e. The van der Waals surface area contributed by atoms with Gasteiger partial charge in [-0.25, -0.2) is 13.2 Å². The first-order chi connectivity index (χ1) is 9.35. The van der Waals surface area contributed by atoms with Gasteiger partial charge in [-0.2, -0.15) is 0 Å². The molecule has 5 heteroatoms. The number of likely N-dealkylation sites (tertiary alicyclic amines) is 1. The van der Waals surface area contributed by atoms with Crippen LogP contribution in [0.3, 0.4) is 0 Å². The van der Waals surface area contributed by atoms with Gasteiger partial charge in [0.25, 0.3) is 0 Å². The largest absolute Gasteiger partial charge is 0.385 e. The zero-order chi connectivity index (χ0) is 14.9. The summed E-state index contributed by atoms with van der Waals surface area (Å²) in [5, 5.41) is 10.7. The fourth-order valence-electron chi connectivity index (χ4n) is 2.81. The van der Waals surface area contributed by atoms with Crippen LogP contribution in [0.5, 0.6) is 0 Å². The number of benzene rings is 1. The molecule has 0 bridgehead atoms. The lowest BCUT2D eigenvalue weighted by Crippen LogP contribution is -2.34. The molecule has 1 unspecified atom stereocenters. The molecule has 1 atom stereocenters. The van der Waals surface area contributed by atoms with Gasteiger partial charge < -0.3 is 10.0 Å². The molecule has 1 aliphatic rings. The van der Waals surface area contributed by atoms with Crippen molar-refractivity contribution in [3.8, 4) is 0 Å². The van der Waals surface area contributed by atoms with Gasteiger partial charge in [-0.15, -0.1) is 0 Å². The Labute approximate surface area is 117 Å². The van der Waals surface area contributed by atoms with Gasteiger partial charge in [-0.3, -0.25) is 0 Å². The molecule has 2 nitrogen and oxygen atoms in total. The summed E-state index contributed by atoms with van der Waals surface area (Å²) in [6.45, 7) is 5.53. The van der Waals surface area contributed by atoms with Gasteiger partial charge in [0.15, 0.2) is 17.5 Å². The maximum absolute atomic E-state index is 13.9. The minimum absolute atomic E-state index is 0.137. The molecule has 1 aromatic rings. The summed E-state index contributed by atoms with van der Waals surface area (Å²) in [4.78, 5) is 2.19. The predicted octanol–water partition coefficient (Wildman–Crippen LogP) is 3.19. The number of rotatable bonds is 2. The number of nitrogens with zero attached hydrogens (tertiary/aromatic N) is 1. The van der Waals surface area contributed by atoms with Gasteiger partial charge >= 0.3 is 0 Å². The van der Waals surface area contributed by atoms with Gasteiger partial charge in [0.05, 0.1) is 5.60 Å². The highest BCUT2D eigenvalue weighted by atomic mass is 19.2. The van der Waals surface area contributed by atoms with Crippen molar-refractivity contribution in [3.05, 3.63) is 35.1 Å². The Morgan fingerprint density at radius 1 is 1.10 bits per heavy atom. The van der Waals surface area contributed by atoms with Gasteiger partial charge in [-0.05, 0) is 45.7 Å². The number of aliphatic hydroxyl groups is 1. The Kier molecular flexibility index (Phi) is 4.39. The lowest BCUT2D eigenvalue weighted by atomic mass is 9.86. The van der Waals surface area contributed by atoms with E-state index in [9.17, 15) is 18.3 Å². The van der Waals surface area contributed by atoms with Crippen LogP contribution in [-0.2, 0) is 5.60 Å². The Hall–Kier alpha value is -1.07. The van der Waals surface area contributed by atoms with Crippen molar-refractivity contribution in [3.63, 3.8) is 0 Å². The summed E-state index contributed by atoms with van der Waals surface area (Å²) in [5.41, 5.74) is -1.57. The molecule has 1 saturated heterocycles. The van der Waals surface area contributed by atoms with Crippen LogP contribution in [0.15, 0.2) is 12.1 Å². The van der Waals surface area contributed by atoms with Crippen molar-refractivity contribution in [2.75, 3.05) is 13.1 Å². The van der Waals surface area contributed by atoms with Crippen molar-refractivity contribution in [1.29, 1.82) is 0 Å². The molecule has 2 rings (SSSR count). The number of halogens is 3. The third kappa shape index (κ3) is 2.83. The average molecular weight is 287 g/mol. The Morgan fingerprint density at radius 2 is 1.80 bits per heavy atom. The molecule has 1 aliphatic heterocycles. The van der Waals surface area contributed by atoms with Crippen molar-refractivity contribution >= 4 is 0 Å². The molecule has 20 heavy (non-hydrogen) atoms. The van der Waals surface area contributed by atoms with E-state index >= 15 is 0 Å². The van der Waals surface area contributed by atoms with Gasteiger partial charge in [0.2, 0.25) is 0 Å². The Bertz CT molecular complexity index is 492. The van der Waals surface area contributed by atoms with E-state index in [0.717, 1.165) is 18.7 Å². The summed E-state index contributed by atoms with van der Waals surface area (Å²) in [6.07, 6.45) is 1.35. The molecular weight excluding hydrogens is 267 g/mol. The highest BCUT2D eigenvalue weighted by Crippen LogP contribution is 2.35. The van der Waals surface area contributed by atoms with Crippen LogP contribution >= 0.6 is 0 Å². The van der Waals surface area contributed by atoms with Crippen LogP contribution in [0.4, 0.5) is 13.2 Å². The fraction of sp³-hybridized carbons (Fsp3) is 0.600. The van der Waals surface area contributed by atoms with E-state index in [1.165, 1.54) is 0 Å². The van der Waals surface area contributed by atoms with E-state index < -0.39 is 23.1 Å². The van der Waals surface area contributed by atoms with E-state index in [-0.39, 0.29) is 5.56 Å². The lowest BCUT2D eigenvalue weighted by molar-refractivity contribution is 0.0162. The van der Waals surface area contributed by atoms with Crippen molar-refractivity contribution in [1.82, 2.24) is 4.90 Å². The predicted molar refractivity (Wildman–Crippen MR) is 70.8 cm³/mol. The standard InChI is InChI=1S/C15H20F3NO/c1-10(2)19-8-3-6-15(20,7-9-19)11-4-5-12(16)14(18)13(11)17/h4-5,10,20H,3,6-9H2,1-2H3. The summed E-state index contributed by atoms with van der Waals surface area (Å²) in [7, 11) is 0. The van der Waals surface area contributed by atoms with Crippen LogP contribution in [0, 0.1) is 17.5 Å². The summed E-state index contributed by atoms with van der Waals surface area (Å²) >= 11 is 0. The molecule has 0 amide bonds. The maximum atomic E-state index is 13.9. The van der Waals surface area contributed by atoms with Gasteiger partial charge in [0.1, 0.15) is 0 Å². The first kappa shape index (κ1) is 15.3. The minimum atomic E-state index is -1.51. The second-order valence-corrected chi connectivity index (χ2v) is 5.74. The fourth-order valence-corrected chi connectivity index (χ4v) is 2.81. The quantitative estimate of drug-likeness (QED) is 0.844. The van der Waals surface area contributed by atoms with E-state index in [2.05, 4.69) is 18.7 Å². The van der Waals surface area contributed by atoms with Gasteiger partial charge in [0, 0.05) is 18.2 Å². The molecule has 1 fully saturated rings. The first-order valence-corrected chi connectivity index (χ1v) is 6.95. The van der Waals surface area contributed by atoms with Crippen LogP contribution in [0.2, 0.25) is 0 Å². The summed E-state index contributed by atoms with van der Waals surface area (Å²) in [6, 6.07) is 2.36. The SMILES string of the molecule is CC(C)N1CCCC(O)(c2ccc(F)c(F)c2F)CC1.